The van der Waals surface area contributed by atoms with Gasteiger partial charge in [0.05, 0.1) is 0 Å². The summed E-state index contributed by atoms with van der Waals surface area (Å²) in [4.78, 5) is 20.5. The third-order valence-corrected chi connectivity index (χ3v) is 1.42. The molecule has 0 atom stereocenters. The first-order valence-electron chi connectivity index (χ1n) is 3.76. The predicted molar refractivity (Wildman–Crippen MR) is 39.8 cm³/mol. The molecule has 0 amide bonds. The molecule has 0 aliphatic rings. The average Bonchev–Trinajstić information content (AvgIpc) is 1.98. The van der Waals surface area contributed by atoms with Crippen molar-refractivity contribution in [2.75, 3.05) is 0 Å². The summed E-state index contributed by atoms with van der Waals surface area (Å²) in [6.45, 7) is 1.86. The second-order valence-electron chi connectivity index (χ2n) is 2.30. The van der Waals surface area contributed by atoms with Crippen LogP contribution >= 0.6 is 0 Å². The maximum atomic E-state index is 10.7. The molecular weight excluding hydrogens is 128 g/mol. The van der Waals surface area contributed by atoms with Crippen LogP contribution in [0.3, 0.4) is 0 Å². The highest BCUT2D eigenvalue weighted by molar-refractivity contribution is 5.77. The van der Waals surface area contributed by atoms with Gasteiger partial charge >= 0.3 is 0 Å². The van der Waals surface area contributed by atoms with E-state index in [9.17, 15) is 9.59 Å². The number of rotatable bonds is 6. The van der Waals surface area contributed by atoms with E-state index >= 15 is 0 Å². The topological polar surface area (TPSA) is 34.1 Å². The first-order chi connectivity index (χ1) is 4.81. The van der Waals surface area contributed by atoms with E-state index in [1.165, 1.54) is 0 Å². The first kappa shape index (κ1) is 9.34. The largest absolute Gasteiger partial charge is 0.303 e. The zero-order valence-electron chi connectivity index (χ0n) is 6.43. The van der Waals surface area contributed by atoms with Crippen LogP contribution in [0.1, 0.15) is 39.0 Å². The van der Waals surface area contributed by atoms with Crippen molar-refractivity contribution in [1.82, 2.24) is 0 Å². The number of carbonyl (C=O) groups excluding carboxylic acids is 2. The smallest absolute Gasteiger partial charge is 0.132 e. The van der Waals surface area contributed by atoms with E-state index in [4.69, 9.17) is 0 Å². The van der Waals surface area contributed by atoms with E-state index in [2.05, 4.69) is 0 Å². The van der Waals surface area contributed by atoms with Gasteiger partial charge in [-0.2, -0.15) is 0 Å². The lowest BCUT2D eigenvalue weighted by atomic mass is 10.1. The van der Waals surface area contributed by atoms with Crippen molar-refractivity contribution in [2.24, 2.45) is 0 Å². The Kier molecular flexibility index (Phi) is 6.03. The Bertz CT molecular complexity index is 108. The molecule has 2 heteroatoms. The highest BCUT2D eigenvalue weighted by atomic mass is 16.1. The van der Waals surface area contributed by atoms with Gasteiger partial charge in [0, 0.05) is 19.3 Å². The monoisotopic (exact) mass is 142 g/mol. The van der Waals surface area contributed by atoms with Crippen LogP contribution in [0.15, 0.2) is 0 Å². The van der Waals surface area contributed by atoms with Crippen LogP contribution < -0.4 is 0 Å². The number of unbranched alkanes of at least 4 members (excludes halogenated alkanes) is 2. The zero-order valence-corrected chi connectivity index (χ0v) is 6.43. The quantitative estimate of drug-likeness (QED) is 0.418. The van der Waals surface area contributed by atoms with Gasteiger partial charge in [0.1, 0.15) is 12.1 Å². The number of Topliss-reactive ketones (excluding diaryl/α,β-unsaturated/α-hetero) is 1. The van der Waals surface area contributed by atoms with Gasteiger partial charge in [0.15, 0.2) is 0 Å². The Balaban J connectivity index is 3.03. The average molecular weight is 142 g/mol. The molecule has 0 heterocycles. The summed E-state index contributed by atoms with van der Waals surface area (Å²) in [7, 11) is 0. The van der Waals surface area contributed by atoms with E-state index in [1.807, 2.05) is 6.92 Å². The molecule has 0 saturated heterocycles. The van der Waals surface area contributed by atoms with Crippen LogP contribution in [0.25, 0.3) is 0 Å². The van der Waals surface area contributed by atoms with Crippen LogP contribution in [0, 0.1) is 0 Å². The molecule has 0 aliphatic heterocycles. The van der Waals surface area contributed by atoms with Crippen LogP contribution in [0.2, 0.25) is 0 Å². The molecule has 0 N–H and O–H groups in total. The molecule has 0 radical (unpaired) electrons. The summed E-state index contributed by atoms with van der Waals surface area (Å²) < 4.78 is 0. The number of hydrogen-bond donors (Lipinski definition) is 0. The summed E-state index contributed by atoms with van der Waals surface area (Å²) in [6, 6.07) is 0. The minimum Gasteiger partial charge on any atom is -0.303 e. The Morgan fingerprint density at radius 3 is 2.60 bits per heavy atom. The molecule has 0 saturated carbocycles. The number of ketones is 1. The molecule has 0 fully saturated rings. The summed E-state index contributed by atoms with van der Waals surface area (Å²) in [6.07, 6.45) is 4.49. The molecule has 0 aromatic heterocycles. The van der Waals surface area contributed by atoms with Crippen molar-refractivity contribution in [2.45, 2.75) is 39.0 Å². The third-order valence-electron chi connectivity index (χ3n) is 1.42. The molecule has 0 aromatic rings. The molecule has 58 valence electrons. The van der Waals surface area contributed by atoms with Gasteiger partial charge in [-0.05, 0) is 12.8 Å². The fraction of sp³-hybridized carbons (Fsp3) is 0.750. The lowest BCUT2D eigenvalue weighted by Crippen LogP contribution is -1.93. The molecule has 0 unspecified atom stereocenters. The third kappa shape index (κ3) is 5.48. The maximum absolute atomic E-state index is 10.7. The van der Waals surface area contributed by atoms with Gasteiger partial charge in [0.25, 0.3) is 0 Å². The van der Waals surface area contributed by atoms with Crippen molar-refractivity contribution in [3.8, 4) is 0 Å². The molecule has 2 nitrogen and oxygen atoms in total. The van der Waals surface area contributed by atoms with Crippen molar-refractivity contribution < 1.29 is 9.59 Å². The Hall–Kier alpha value is -0.660. The minimum atomic E-state index is 0.297. The molecule has 0 aliphatic carbocycles. The molecular formula is C8H14O2. The zero-order chi connectivity index (χ0) is 7.82. The van der Waals surface area contributed by atoms with Gasteiger partial charge in [-0.25, -0.2) is 0 Å². The van der Waals surface area contributed by atoms with Gasteiger partial charge in [-0.1, -0.05) is 6.92 Å². The SMILES string of the molecule is CCC(=O)CCCCC=O. The molecule has 0 bridgehead atoms. The summed E-state index contributed by atoms with van der Waals surface area (Å²) in [5.74, 6) is 0.297. The number of aldehydes is 1. The summed E-state index contributed by atoms with van der Waals surface area (Å²) in [5, 5.41) is 0. The van der Waals surface area contributed by atoms with Gasteiger partial charge < -0.3 is 4.79 Å². The summed E-state index contributed by atoms with van der Waals surface area (Å²) >= 11 is 0. The molecule has 0 rings (SSSR count). The molecule has 10 heavy (non-hydrogen) atoms. The van der Waals surface area contributed by atoms with Crippen molar-refractivity contribution >= 4 is 12.1 Å². The Morgan fingerprint density at radius 1 is 1.40 bits per heavy atom. The minimum absolute atomic E-state index is 0.297. The second-order valence-corrected chi connectivity index (χ2v) is 2.30. The maximum Gasteiger partial charge on any atom is 0.132 e. The van der Waals surface area contributed by atoms with Crippen molar-refractivity contribution in [3.05, 3.63) is 0 Å². The number of carbonyl (C=O) groups is 2. The Labute approximate surface area is 61.6 Å². The van der Waals surface area contributed by atoms with Crippen molar-refractivity contribution in [1.29, 1.82) is 0 Å². The van der Waals surface area contributed by atoms with E-state index in [0.717, 1.165) is 19.1 Å². The lowest BCUT2D eigenvalue weighted by Gasteiger charge is -1.93. The van der Waals surface area contributed by atoms with Gasteiger partial charge in [0.2, 0.25) is 0 Å². The molecule has 0 spiro atoms. The van der Waals surface area contributed by atoms with E-state index in [-0.39, 0.29) is 0 Å². The van der Waals surface area contributed by atoms with E-state index in [0.29, 0.717) is 25.0 Å². The summed E-state index contributed by atoms with van der Waals surface area (Å²) in [5.41, 5.74) is 0. The van der Waals surface area contributed by atoms with Crippen LogP contribution in [-0.4, -0.2) is 12.1 Å². The highest BCUT2D eigenvalue weighted by Crippen LogP contribution is 2.00. The van der Waals surface area contributed by atoms with Crippen LogP contribution in [0.5, 0.6) is 0 Å². The number of hydrogen-bond acceptors (Lipinski definition) is 2. The van der Waals surface area contributed by atoms with Crippen molar-refractivity contribution in [3.63, 3.8) is 0 Å². The van der Waals surface area contributed by atoms with Gasteiger partial charge in [-0.3, -0.25) is 4.79 Å². The second kappa shape index (κ2) is 6.46. The highest BCUT2D eigenvalue weighted by Gasteiger charge is 1.96. The van der Waals surface area contributed by atoms with E-state index in [1.54, 1.807) is 0 Å². The van der Waals surface area contributed by atoms with Crippen LogP contribution in [0.4, 0.5) is 0 Å². The molecule has 0 aromatic carbocycles. The standard InChI is InChI=1S/C8H14O2/c1-2-8(10)6-4-3-5-7-9/h7H,2-6H2,1H3. The van der Waals surface area contributed by atoms with Crippen LogP contribution in [-0.2, 0) is 9.59 Å². The van der Waals surface area contributed by atoms with Gasteiger partial charge in [-0.15, -0.1) is 0 Å². The van der Waals surface area contributed by atoms with E-state index < -0.39 is 0 Å². The lowest BCUT2D eigenvalue weighted by molar-refractivity contribution is -0.119. The fourth-order valence-electron chi connectivity index (χ4n) is 0.727. The predicted octanol–water partition coefficient (Wildman–Crippen LogP) is 1.72. The normalized spacial score (nSPS) is 9.30. The fourth-order valence-corrected chi connectivity index (χ4v) is 0.727. The Morgan fingerprint density at radius 2 is 2.10 bits per heavy atom. The first-order valence-corrected chi connectivity index (χ1v) is 3.76.